The Kier molecular flexibility index (Phi) is 5.36. The third-order valence-electron chi connectivity index (χ3n) is 3.19. The molecule has 7 nitrogen and oxygen atoms in total. The fourth-order valence-corrected chi connectivity index (χ4v) is 1.99. The van der Waals surface area contributed by atoms with Gasteiger partial charge in [-0.2, -0.15) is 0 Å². The molecule has 0 fully saturated rings. The van der Waals surface area contributed by atoms with Crippen molar-refractivity contribution in [3.05, 3.63) is 18.3 Å². The average Bonchev–Trinajstić information content (AvgIpc) is 3.11. The van der Waals surface area contributed by atoms with Crippen molar-refractivity contribution in [1.82, 2.24) is 20.3 Å². The number of unbranched alkanes of at least 4 members (excludes halogenated alkanes) is 4. The van der Waals surface area contributed by atoms with Crippen LogP contribution in [0.5, 0.6) is 0 Å². The molecule has 114 valence electrons. The Hall–Kier alpha value is -2.31. The summed E-state index contributed by atoms with van der Waals surface area (Å²) in [6.45, 7) is 2.83. The molecule has 0 aromatic carbocycles. The highest BCUT2D eigenvalue weighted by molar-refractivity contribution is 5.92. The van der Waals surface area contributed by atoms with E-state index in [0.717, 1.165) is 12.8 Å². The minimum Gasteiger partial charge on any atom is -0.442 e. The highest BCUT2D eigenvalue weighted by Gasteiger charge is 2.15. The molecule has 0 aliphatic rings. The molecule has 0 bridgehead atoms. The normalized spacial score (nSPS) is 10.7. The molecule has 1 amide bonds. The van der Waals surface area contributed by atoms with Crippen molar-refractivity contribution in [3.63, 3.8) is 0 Å². The second-order valence-corrected chi connectivity index (χ2v) is 4.87. The van der Waals surface area contributed by atoms with Crippen LogP contribution in [-0.4, -0.2) is 27.4 Å². The minimum atomic E-state index is -0.237. The number of oxazole rings is 1. The lowest BCUT2D eigenvalue weighted by Gasteiger charge is -2.02. The Balaban J connectivity index is 1.81. The van der Waals surface area contributed by atoms with Gasteiger partial charge in [0.05, 0.1) is 6.33 Å². The van der Waals surface area contributed by atoms with Gasteiger partial charge in [-0.25, -0.2) is 9.97 Å². The van der Waals surface area contributed by atoms with Crippen LogP contribution in [0.15, 0.2) is 17.0 Å². The van der Waals surface area contributed by atoms with Crippen molar-refractivity contribution in [1.29, 1.82) is 0 Å². The largest absolute Gasteiger partial charge is 0.442 e. The molecule has 2 aromatic heterocycles. The number of amides is 1. The van der Waals surface area contributed by atoms with Gasteiger partial charge >= 0.3 is 0 Å². The van der Waals surface area contributed by atoms with E-state index < -0.39 is 0 Å². The molecule has 0 aliphatic heterocycles. The lowest BCUT2D eigenvalue weighted by Crippen LogP contribution is -2.24. The predicted molar refractivity (Wildman–Crippen MR) is 79.6 cm³/mol. The van der Waals surface area contributed by atoms with Crippen LogP contribution in [-0.2, 0) is 0 Å². The summed E-state index contributed by atoms with van der Waals surface area (Å²) in [6.07, 6.45) is 8.54. The minimum absolute atomic E-state index is 0.237. The Bertz CT molecular complexity index is 575. The number of H-pyrrole nitrogens is 1. The fraction of sp³-hybridized carbons (Fsp3) is 0.500. The van der Waals surface area contributed by atoms with Gasteiger partial charge in [0.1, 0.15) is 12.0 Å². The van der Waals surface area contributed by atoms with Gasteiger partial charge in [-0.1, -0.05) is 32.6 Å². The standard InChI is InChI=1S/C14H21N5O2/c1-2-3-4-5-6-7-16-13(20)10-8-21-14(19-10)11-12(15)18-9-17-11/h8-9H,2-7,15H2,1H3,(H,16,20)(H,17,18). The van der Waals surface area contributed by atoms with Crippen molar-refractivity contribution in [3.8, 4) is 11.6 Å². The number of carbonyl (C=O) groups excluding carboxylic acids is 1. The van der Waals surface area contributed by atoms with E-state index in [2.05, 4.69) is 27.2 Å². The Morgan fingerprint density at radius 1 is 1.38 bits per heavy atom. The quantitative estimate of drug-likeness (QED) is 0.647. The van der Waals surface area contributed by atoms with Crippen LogP contribution in [0, 0.1) is 0 Å². The zero-order valence-corrected chi connectivity index (χ0v) is 12.2. The fourth-order valence-electron chi connectivity index (χ4n) is 1.99. The predicted octanol–water partition coefficient (Wildman–Crippen LogP) is 2.35. The number of hydrogen-bond donors (Lipinski definition) is 3. The van der Waals surface area contributed by atoms with Crippen molar-refractivity contribution in [2.24, 2.45) is 0 Å². The van der Waals surface area contributed by atoms with Gasteiger partial charge in [0.2, 0.25) is 5.89 Å². The zero-order chi connectivity index (χ0) is 15.1. The van der Waals surface area contributed by atoms with Crippen molar-refractivity contribution in [2.45, 2.75) is 39.0 Å². The maximum absolute atomic E-state index is 11.9. The molecular weight excluding hydrogens is 270 g/mol. The second kappa shape index (κ2) is 7.47. The molecule has 0 unspecified atom stereocenters. The number of nitrogens with zero attached hydrogens (tertiary/aromatic N) is 2. The van der Waals surface area contributed by atoms with Gasteiger partial charge in [0.25, 0.3) is 5.91 Å². The van der Waals surface area contributed by atoms with Crippen LogP contribution in [0.1, 0.15) is 49.5 Å². The molecule has 0 spiro atoms. The molecule has 4 N–H and O–H groups in total. The first kappa shape index (κ1) is 15.1. The van der Waals surface area contributed by atoms with E-state index in [4.69, 9.17) is 10.2 Å². The third kappa shape index (κ3) is 4.08. The summed E-state index contributed by atoms with van der Waals surface area (Å²) in [5, 5.41) is 2.83. The lowest BCUT2D eigenvalue weighted by atomic mass is 10.1. The molecule has 0 atom stereocenters. The number of imidazole rings is 1. The molecule has 0 aliphatic carbocycles. The average molecular weight is 291 g/mol. The van der Waals surface area contributed by atoms with E-state index in [1.54, 1.807) is 0 Å². The maximum Gasteiger partial charge on any atom is 0.273 e. The Morgan fingerprint density at radius 3 is 2.90 bits per heavy atom. The van der Waals surface area contributed by atoms with E-state index in [9.17, 15) is 4.79 Å². The summed E-state index contributed by atoms with van der Waals surface area (Å²) in [7, 11) is 0. The molecule has 0 saturated carbocycles. The van der Waals surface area contributed by atoms with E-state index in [1.165, 1.54) is 31.9 Å². The van der Waals surface area contributed by atoms with Crippen molar-refractivity contribution >= 4 is 11.7 Å². The molecule has 2 rings (SSSR count). The topological polar surface area (TPSA) is 110 Å². The van der Waals surface area contributed by atoms with Gasteiger partial charge < -0.3 is 20.5 Å². The lowest BCUT2D eigenvalue weighted by molar-refractivity contribution is 0.0948. The van der Waals surface area contributed by atoms with Crippen LogP contribution >= 0.6 is 0 Å². The van der Waals surface area contributed by atoms with Crippen molar-refractivity contribution < 1.29 is 9.21 Å². The zero-order valence-electron chi connectivity index (χ0n) is 12.2. The number of aromatic amines is 1. The van der Waals surface area contributed by atoms with E-state index in [1.807, 2.05) is 0 Å². The highest BCUT2D eigenvalue weighted by Crippen LogP contribution is 2.20. The third-order valence-corrected chi connectivity index (χ3v) is 3.19. The number of carbonyl (C=O) groups is 1. The molecule has 2 aromatic rings. The number of nitrogen functional groups attached to an aromatic ring is 1. The summed E-state index contributed by atoms with van der Waals surface area (Å²) < 4.78 is 5.25. The monoisotopic (exact) mass is 291 g/mol. The number of rotatable bonds is 8. The van der Waals surface area contributed by atoms with E-state index in [0.29, 0.717) is 18.1 Å². The summed E-state index contributed by atoms with van der Waals surface area (Å²) >= 11 is 0. The van der Waals surface area contributed by atoms with Crippen LogP contribution < -0.4 is 11.1 Å². The van der Waals surface area contributed by atoms with Gasteiger partial charge in [-0.15, -0.1) is 0 Å². The van der Waals surface area contributed by atoms with Crippen molar-refractivity contribution in [2.75, 3.05) is 12.3 Å². The SMILES string of the molecule is CCCCCCCNC(=O)c1coc(-c2[nH]cnc2N)n1. The molecule has 2 heterocycles. The first-order valence-corrected chi connectivity index (χ1v) is 7.25. The van der Waals surface area contributed by atoms with Crippen LogP contribution in [0.2, 0.25) is 0 Å². The summed E-state index contributed by atoms with van der Waals surface area (Å²) in [5.74, 6) is 0.316. The first-order valence-electron chi connectivity index (χ1n) is 7.25. The number of nitrogens with two attached hydrogens (primary N) is 1. The smallest absolute Gasteiger partial charge is 0.273 e. The van der Waals surface area contributed by atoms with Gasteiger partial charge in [-0.3, -0.25) is 4.79 Å². The van der Waals surface area contributed by atoms with Gasteiger partial charge in [0, 0.05) is 6.54 Å². The van der Waals surface area contributed by atoms with Crippen LogP contribution in [0.25, 0.3) is 11.6 Å². The number of hydrogen-bond acceptors (Lipinski definition) is 5. The Morgan fingerprint density at radius 2 is 2.19 bits per heavy atom. The van der Waals surface area contributed by atoms with E-state index in [-0.39, 0.29) is 17.5 Å². The molecule has 0 radical (unpaired) electrons. The summed E-state index contributed by atoms with van der Waals surface area (Å²) in [4.78, 5) is 22.7. The summed E-state index contributed by atoms with van der Waals surface area (Å²) in [5.41, 5.74) is 6.38. The molecular formula is C14H21N5O2. The second-order valence-electron chi connectivity index (χ2n) is 4.87. The highest BCUT2D eigenvalue weighted by atomic mass is 16.3. The van der Waals surface area contributed by atoms with Gasteiger partial charge in [0.15, 0.2) is 11.5 Å². The Labute approximate surface area is 123 Å². The number of aromatic nitrogens is 3. The number of nitrogens with one attached hydrogen (secondary N) is 2. The van der Waals surface area contributed by atoms with Crippen LogP contribution in [0.3, 0.4) is 0 Å². The molecule has 7 heteroatoms. The van der Waals surface area contributed by atoms with E-state index >= 15 is 0 Å². The molecule has 21 heavy (non-hydrogen) atoms. The van der Waals surface area contributed by atoms with Crippen LogP contribution in [0.4, 0.5) is 5.82 Å². The first-order chi connectivity index (χ1) is 10.2. The van der Waals surface area contributed by atoms with Gasteiger partial charge in [-0.05, 0) is 6.42 Å². The molecule has 0 saturated heterocycles. The number of anilines is 1. The maximum atomic E-state index is 11.9. The summed E-state index contributed by atoms with van der Waals surface area (Å²) in [6, 6.07) is 0.